The second-order valence-corrected chi connectivity index (χ2v) is 9.30. The number of nitrogens with one attached hydrogen (secondary N) is 2. The van der Waals surface area contributed by atoms with E-state index in [0.29, 0.717) is 18.1 Å². The number of nitrogens with zero attached hydrogens (tertiary/aromatic N) is 4. The van der Waals surface area contributed by atoms with Gasteiger partial charge in [0.15, 0.2) is 0 Å². The summed E-state index contributed by atoms with van der Waals surface area (Å²) in [6.07, 6.45) is 11.4. The Hall–Kier alpha value is -2.47. The van der Waals surface area contributed by atoms with E-state index in [1.807, 2.05) is 6.20 Å². The van der Waals surface area contributed by atoms with Crippen LogP contribution in [0.4, 0.5) is 5.69 Å². The first-order valence-corrected chi connectivity index (χ1v) is 11.4. The fourth-order valence-electron chi connectivity index (χ4n) is 5.41. The Labute approximate surface area is 178 Å². The van der Waals surface area contributed by atoms with Crippen molar-refractivity contribution < 1.29 is 0 Å². The molecule has 6 nitrogen and oxygen atoms in total. The van der Waals surface area contributed by atoms with Crippen molar-refractivity contribution >= 4 is 28.5 Å². The number of fused-ring (bicyclic) bond motifs is 3. The summed E-state index contributed by atoms with van der Waals surface area (Å²) >= 11 is 0. The van der Waals surface area contributed by atoms with Gasteiger partial charge < -0.3 is 15.6 Å². The van der Waals surface area contributed by atoms with E-state index in [9.17, 15) is 0 Å². The van der Waals surface area contributed by atoms with Crippen molar-refractivity contribution in [2.45, 2.75) is 57.2 Å². The van der Waals surface area contributed by atoms with E-state index in [-0.39, 0.29) is 0 Å². The lowest BCUT2D eigenvalue weighted by atomic mass is 9.78. The molecule has 158 valence electrons. The van der Waals surface area contributed by atoms with E-state index in [1.54, 1.807) is 6.20 Å². The topological polar surface area (TPSA) is 68.1 Å². The van der Waals surface area contributed by atoms with Gasteiger partial charge in [-0.2, -0.15) is 0 Å². The highest BCUT2D eigenvalue weighted by Gasteiger charge is 2.41. The van der Waals surface area contributed by atoms with Crippen LogP contribution < -0.4 is 10.2 Å². The number of rotatable bonds is 7. The number of hydrogen-bond donors (Lipinski definition) is 2. The van der Waals surface area contributed by atoms with Crippen molar-refractivity contribution in [1.29, 1.82) is 5.41 Å². The summed E-state index contributed by atoms with van der Waals surface area (Å²) in [5, 5.41) is 11.4. The van der Waals surface area contributed by atoms with Gasteiger partial charge in [0, 0.05) is 54.9 Å². The Morgan fingerprint density at radius 3 is 2.77 bits per heavy atom. The Balaban J connectivity index is 1.33. The molecule has 3 heterocycles. The Morgan fingerprint density at radius 2 is 2.07 bits per heavy atom. The fraction of sp³-hybridized carbons (Fsp3) is 0.542. The second kappa shape index (κ2) is 7.99. The molecule has 1 saturated carbocycles. The molecule has 2 aliphatic heterocycles. The molecule has 6 heteroatoms. The summed E-state index contributed by atoms with van der Waals surface area (Å²) in [6.45, 7) is 4.49. The number of piperazine rings is 1. The lowest BCUT2D eigenvalue weighted by Gasteiger charge is -2.35. The second-order valence-electron chi connectivity index (χ2n) is 9.30. The van der Waals surface area contributed by atoms with Crippen molar-refractivity contribution in [3.8, 4) is 0 Å². The monoisotopic (exact) mass is 404 g/mol. The van der Waals surface area contributed by atoms with Crippen LogP contribution in [0.5, 0.6) is 0 Å². The van der Waals surface area contributed by atoms with Gasteiger partial charge in [-0.1, -0.05) is 19.8 Å². The maximum atomic E-state index is 7.87. The maximum Gasteiger partial charge on any atom is 0.0922 e. The standard InChI is InChI=1S/C24H32N6/c1-3-4-16-7-18(8-16)26-12-17(11-25)24-13-27-22-6-5-19(10-23(22)28-24)30-15-20-9-21(30)14-29(20)2/h5-6,10-13,16,18,20-21,25-26H,3-4,7-9,14-15H2,1-2H3/b17-12+,25-11?. The molecule has 1 aromatic heterocycles. The van der Waals surface area contributed by atoms with Gasteiger partial charge in [0.1, 0.15) is 0 Å². The van der Waals surface area contributed by atoms with Crippen LogP contribution >= 0.6 is 0 Å². The summed E-state index contributed by atoms with van der Waals surface area (Å²) < 4.78 is 0. The quantitative estimate of drug-likeness (QED) is 0.689. The highest BCUT2D eigenvalue weighted by molar-refractivity contribution is 6.07. The normalized spacial score (nSPS) is 28.7. The van der Waals surface area contributed by atoms with Crippen molar-refractivity contribution in [3.05, 3.63) is 36.3 Å². The molecule has 0 spiro atoms. The summed E-state index contributed by atoms with van der Waals surface area (Å²) in [5.74, 6) is 0.865. The Bertz CT molecular complexity index is 961. The minimum absolute atomic E-state index is 0.528. The van der Waals surface area contributed by atoms with Crippen LogP contribution in [-0.4, -0.2) is 59.3 Å². The molecule has 3 fully saturated rings. The zero-order valence-electron chi connectivity index (χ0n) is 18.0. The Morgan fingerprint density at radius 1 is 1.20 bits per heavy atom. The van der Waals surface area contributed by atoms with Crippen molar-refractivity contribution in [2.75, 3.05) is 25.0 Å². The summed E-state index contributed by atoms with van der Waals surface area (Å²) in [5.41, 5.74) is 4.59. The number of allylic oxidation sites excluding steroid dienone is 1. The first-order valence-electron chi connectivity index (χ1n) is 11.4. The lowest BCUT2D eigenvalue weighted by Crippen LogP contribution is -2.44. The first kappa shape index (κ1) is 19.5. The SMILES string of the molecule is CCCC1CC(N/C=C(\C=N)c2cnc3ccc(N4CC5CC4CN5C)cc3n2)C1. The smallest absolute Gasteiger partial charge is 0.0922 e. The molecular weight excluding hydrogens is 372 g/mol. The third-order valence-electron chi connectivity index (χ3n) is 7.23. The molecule has 30 heavy (non-hydrogen) atoms. The zero-order valence-corrected chi connectivity index (χ0v) is 18.0. The average Bonchev–Trinajstić information content (AvgIpc) is 3.31. The van der Waals surface area contributed by atoms with E-state index in [2.05, 4.69) is 52.3 Å². The molecule has 5 rings (SSSR count). The summed E-state index contributed by atoms with van der Waals surface area (Å²) in [4.78, 5) is 14.5. The predicted molar refractivity (Wildman–Crippen MR) is 123 cm³/mol. The summed E-state index contributed by atoms with van der Waals surface area (Å²) in [7, 11) is 2.23. The molecule has 2 bridgehead atoms. The largest absolute Gasteiger partial charge is 0.388 e. The van der Waals surface area contributed by atoms with Gasteiger partial charge in [-0.3, -0.25) is 9.88 Å². The number of likely N-dealkylation sites (N-methyl/N-ethyl adjacent to an activating group) is 1. The van der Waals surface area contributed by atoms with Gasteiger partial charge in [-0.05, 0) is 50.4 Å². The molecule has 2 saturated heterocycles. The van der Waals surface area contributed by atoms with Crippen LogP contribution in [0, 0.1) is 11.3 Å². The zero-order chi connectivity index (χ0) is 20.7. The van der Waals surface area contributed by atoms with Crippen LogP contribution in [0.1, 0.15) is 44.7 Å². The Kier molecular flexibility index (Phi) is 5.19. The molecule has 2 N–H and O–H groups in total. The number of likely N-dealkylation sites (tertiary alicyclic amines) is 1. The first-order chi connectivity index (χ1) is 14.6. The van der Waals surface area contributed by atoms with Gasteiger partial charge in [0.05, 0.1) is 22.9 Å². The van der Waals surface area contributed by atoms with E-state index in [0.717, 1.165) is 41.3 Å². The number of benzene rings is 1. The molecule has 0 radical (unpaired) electrons. The number of hydrogen-bond acceptors (Lipinski definition) is 6. The van der Waals surface area contributed by atoms with Gasteiger partial charge in [-0.25, -0.2) is 4.98 Å². The predicted octanol–water partition coefficient (Wildman–Crippen LogP) is 3.68. The van der Waals surface area contributed by atoms with Crippen molar-refractivity contribution in [2.24, 2.45) is 5.92 Å². The number of aromatic nitrogens is 2. The molecule has 0 amide bonds. The molecule has 2 atom stereocenters. The average molecular weight is 405 g/mol. The third kappa shape index (κ3) is 3.58. The highest BCUT2D eigenvalue weighted by atomic mass is 15.3. The molecule has 1 aliphatic carbocycles. The van der Waals surface area contributed by atoms with E-state index >= 15 is 0 Å². The molecule has 2 aromatic rings. The van der Waals surface area contributed by atoms with Crippen molar-refractivity contribution in [3.63, 3.8) is 0 Å². The van der Waals surface area contributed by atoms with Crippen molar-refractivity contribution in [1.82, 2.24) is 20.2 Å². The van der Waals surface area contributed by atoms with Crippen LogP contribution in [-0.2, 0) is 0 Å². The molecular formula is C24H32N6. The minimum Gasteiger partial charge on any atom is -0.388 e. The van der Waals surface area contributed by atoms with Gasteiger partial charge in [0.2, 0.25) is 0 Å². The highest BCUT2D eigenvalue weighted by Crippen LogP contribution is 2.34. The van der Waals surface area contributed by atoms with Crippen LogP contribution in [0.15, 0.2) is 30.6 Å². The molecule has 2 unspecified atom stereocenters. The van der Waals surface area contributed by atoms with Crippen LogP contribution in [0.25, 0.3) is 16.6 Å². The third-order valence-corrected chi connectivity index (χ3v) is 7.23. The van der Waals surface area contributed by atoms with E-state index in [4.69, 9.17) is 10.4 Å². The van der Waals surface area contributed by atoms with E-state index < -0.39 is 0 Å². The number of anilines is 1. The summed E-state index contributed by atoms with van der Waals surface area (Å²) in [6, 6.07) is 8.23. The van der Waals surface area contributed by atoms with Gasteiger partial charge >= 0.3 is 0 Å². The minimum atomic E-state index is 0.528. The van der Waals surface area contributed by atoms with Crippen LogP contribution in [0.3, 0.4) is 0 Å². The van der Waals surface area contributed by atoms with Gasteiger partial charge in [-0.15, -0.1) is 0 Å². The fourth-order valence-corrected chi connectivity index (χ4v) is 5.41. The van der Waals surface area contributed by atoms with E-state index in [1.165, 1.54) is 44.0 Å². The molecule has 3 aliphatic rings. The lowest BCUT2D eigenvalue weighted by molar-refractivity contribution is 0.225. The van der Waals surface area contributed by atoms with Crippen LogP contribution in [0.2, 0.25) is 0 Å². The molecule has 1 aromatic carbocycles. The maximum absolute atomic E-state index is 7.87. The van der Waals surface area contributed by atoms with Gasteiger partial charge in [0.25, 0.3) is 0 Å².